The first-order chi connectivity index (χ1) is 9.78. The number of phenols is 1. The zero-order chi connectivity index (χ0) is 13.9. The van der Waals surface area contributed by atoms with E-state index in [2.05, 4.69) is 17.1 Å². The summed E-state index contributed by atoms with van der Waals surface area (Å²) >= 11 is 0. The fraction of sp³-hybridized carbons (Fsp3) is 0.176. The maximum atomic E-state index is 9.81. The molecule has 0 fully saturated rings. The first-order valence-electron chi connectivity index (χ1n) is 6.82. The number of hydrogen-bond acceptors (Lipinski definition) is 2. The van der Waals surface area contributed by atoms with Gasteiger partial charge in [0.1, 0.15) is 0 Å². The minimum Gasteiger partial charge on any atom is -0.504 e. The predicted molar refractivity (Wildman–Crippen MR) is 81.2 cm³/mol. The molecule has 0 bridgehead atoms. The molecule has 3 aromatic rings. The molecule has 2 aromatic carbocycles. The Kier molecular flexibility index (Phi) is 3.33. The highest BCUT2D eigenvalue weighted by atomic mass is 16.5. The lowest BCUT2D eigenvalue weighted by Gasteiger charge is -2.08. The lowest BCUT2D eigenvalue weighted by molar-refractivity contribution is 0.299. The van der Waals surface area contributed by atoms with E-state index in [9.17, 15) is 5.11 Å². The van der Waals surface area contributed by atoms with Gasteiger partial charge in [0.05, 0.1) is 6.61 Å². The Bertz CT molecular complexity index is 698. The second-order valence-electron chi connectivity index (χ2n) is 4.80. The minimum absolute atomic E-state index is 0.179. The third-order valence-electron chi connectivity index (χ3n) is 3.26. The third-order valence-corrected chi connectivity index (χ3v) is 3.26. The molecule has 3 rings (SSSR count). The summed E-state index contributed by atoms with van der Waals surface area (Å²) in [5, 5.41) is 11.0. The van der Waals surface area contributed by atoms with Gasteiger partial charge in [0.15, 0.2) is 11.5 Å². The van der Waals surface area contributed by atoms with Crippen LogP contribution in [0.4, 0.5) is 0 Å². The molecule has 20 heavy (non-hydrogen) atoms. The van der Waals surface area contributed by atoms with E-state index in [0.29, 0.717) is 12.4 Å². The maximum absolute atomic E-state index is 9.81. The molecule has 0 spiro atoms. The second kappa shape index (κ2) is 5.29. The van der Waals surface area contributed by atoms with Crippen LogP contribution in [0.25, 0.3) is 22.2 Å². The maximum Gasteiger partial charge on any atom is 0.161 e. The lowest BCUT2D eigenvalue weighted by atomic mass is 10.1. The van der Waals surface area contributed by atoms with Gasteiger partial charge >= 0.3 is 0 Å². The summed E-state index contributed by atoms with van der Waals surface area (Å²) in [6, 6.07) is 15.7. The number of rotatable bonds is 4. The Hall–Kier alpha value is -2.42. The Morgan fingerprint density at radius 3 is 2.75 bits per heavy atom. The Balaban J connectivity index is 2.00. The van der Waals surface area contributed by atoms with Crippen molar-refractivity contribution in [2.45, 2.75) is 13.3 Å². The monoisotopic (exact) mass is 267 g/mol. The molecule has 0 aliphatic rings. The van der Waals surface area contributed by atoms with Gasteiger partial charge in [-0.05, 0) is 36.8 Å². The molecule has 0 saturated heterocycles. The van der Waals surface area contributed by atoms with Crippen molar-refractivity contribution in [2.24, 2.45) is 0 Å². The summed E-state index contributed by atoms with van der Waals surface area (Å²) in [7, 11) is 0. The van der Waals surface area contributed by atoms with E-state index in [0.717, 1.165) is 23.2 Å². The number of H-pyrrole nitrogens is 1. The predicted octanol–water partition coefficient (Wildman–Crippen LogP) is 4.33. The van der Waals surface area contributed by atoms with Gasteiger partial charge in [-0.3, -0.25) is 0 Å². The molecule has 0 amide bonds. The summed E-state index contributed by atoms with van der Waals surface area (Å²) in [5.74, 6) is 0.710. The highest BCUT2D eigenvalue weighted by Crippen LogP contribution is 2.32. The highest BCUT2D eigenvalue weighted by molar-refractivity contribution is 5.86. The van der Waals surface area contributed by atoms with Crippen molar-refractivity contribution in [1.29, 1.82) is 0 Å². The number of phenolic OH excluding ortho intramolecular Hbond substituents is 1. The summed E-state index contributed by atoms with van der Waals surface area (Å²) in [6.07, 6.45) is 0.913. The van der Waals surface area contributed by atoms with Crippen LogP contribution in [0.15, 0.2) is 48.5 Å². The molecule has 0 saturated carbocycles. The van der Waals surface area contributed by atoms with Crippen LogP contribution in [-0.4, -0.2) is 16.7 Å². The number of benzene rings is 2. The van der Waals surface area contributed by atoms with Crippen LogP contribution in [0, 0.1) is 0 Å². The number of ether oxygens (including phenoxy) is 1. The molecular formula is C17H17NO2. The average molecular weight is 267 g/mol. The molecule has 0 radical (unpaired) electrons. The standard InChI is InChI=1S/C17H17NO2/c1-2-9-20-17-11-13(7-8-16(17)19)15-10-12-5-3-4-6-14(12)18-15/h3-8,10-11,18-19H,2,9H2,1H3. The summed E-state index contributed by atoms with van der Waals surface area (Å²) < 4.78 is 5.56. The van der Waals surface area contributed by atoms with Gasteiger partial charge in [-0.2, -0.15) is 0 Å². The topological polar surface area (TPSA) is 45.2 Å². The molecular weight excluding hydrogens is 250 g/mol. The first-order valence-corrected chi connectivity index (χ1v) is 6.82. The first kappa shape index (κ1) is 12.6. The number of hydrogen-bond donors (Lipinski definition) is 2. The van der Waals surface area contributed by atoms with E-state index >= 15 is 0 Å². The number of fused-ring (bicyclic) bond motifs is 1. The highest BCUT2D eigenvalue weighted by Gasteiger charge is 2.07. The average Bonchev–Trinajstić information content (AvgIpc) is 2.90. The molecule has 2 N–H and O–H groups in total. The van der Waals surface area contributed by atoms with E-state index < -0.39 is 0 Å². The van der Waals surface area contributed by atoms with Crippen LogP contribution in [0.1, 0.15) is 13.3 Å². The number of aromatic hydroxyl groups is 1. The quantitative estimate of drug-likeness (QED) is 0.739. The van der Waals surface area contributed by atoms with Gasteiger partial charge < -0.3 is 14.8 Å². The fourth-order valence-corrected chi connectivity index (χ4v) is 2.24. The fourth-order valence-electron chi connectivity index (χ4n) is 2.24. The number of aromatic nitrogens is 1. The van der Waals surface area contributed by atoms with Crippen LogP contribution in [0.2, 0.25) is 0 Å². The van der Waals surface area contributed by atoms with Gasteiger partial charge in [-0.15, -0.1) is 0 Å². The summed E-state index contributed by atoms with van der Waals surface area (Å²) in [6.45, 7) is 2.64. The molecule has 0 aliphatic heterocycles. The van der Waals surface area contributed by atoms with Crippen molar-refractivity contribution in [3.8, 4) is 22.8 Å². The van der Waals surface area contributed by atoms with Gasteiger partial charge in [0.2, 0.25) is 0 Å². The van der Waals surface area contributed by atoms with E-state index in [1.807, 2.05) is 37.3 Å². The molecule has 3 heteroatoms. The molecule has 3 nitrogen and oxygen atoms in total. The van der Waals surface area contributed by atoms with Gasteiger partial charge in [-0.1, -0.05) is 25.1 Å². The summed E-state index contributed by atoms with van der Waals surface area (Å²) in [5.41, 5.74) is 3.13. The van der Waals surface area contributed by atoms with Gasteiger partial charge in [0.25, 0.3) is 0 Å². The van der Waals surface area contributed by atoms with Crippen molar-refractivity contribution in [1.82, 2.24) is 4.98 Å². The lowest BCUT2D eigenvalue weighted by Crippen LogP contribution is -1.95. The molecule has 1 heterocycles. The summed E-state index contributed by atoms with van der Waals surface area (Å²) in [4.78, 5) is 3.38. The van der Waals surface area contributed by atoms with Gasteiger partial charge in [0, 0.05) is 22.2 Å². The van der Waals surface area contributed by atoms with E-state index in [1.54, 1.807) is 6.07 Å². The number of aromatic amines is 1. The smallest absolute Gasteiger partial charge is 0.161 e. The van der Waals surface area contributed by atoms with E-state index in [-0.39, 0.29) is 5.75 Å². The molecule has 0 atom stereocenters. The van der Waals surface area contributed by atoms with Crippen LogP contribution in [0.3, 0.4) is 0 Å². The van der Waals surface area contributed by atoms with E-state index in [4.69, 9.17) is 4.74 Å². The molecule has 0 unspecified atom stereocenters. The Labute approximate surface area is 117 Å². The SMILES string of the molecule is CCCOc1cc(-c2cc3ccccc3[nH]2)ccc1O. The van der Waals surface area contributed by atoms with Crippen molar-refractivity contribution < 1.29 is 9.84 Å². The van der Waals surface area contributed by atoms with Crippen LogP contribution in [0.5, 0.6) is 11.5 Å². The normalized spacial score (nSPS) is 10.8. The van der Waals surface area contributed by atoms with Crippen molar-refractivity contribution in [2.75, 3.05) is 6.61 Å². The molecule has 0 aliphatic carbocycles. The Morgan fingerprint density at radius 2 is 1.95 bits per heavy atom. The molecule has 1 aromatic heterocycles. The Morgan fingerprint density at radius 1 is 1.10 bits per heavy atom. The van der Waals surface area contributed by atoms with Crippen LogP contribution < -0.4 is 4.74 Å². The third kappa shape index (κ3) is 2.35. The van der Waals surface area contributed by atoms with Crippen molar-refractivity contribution in [3.05, 3.63) is 48.5 Å². The zero-order valence-corrected chi connectivity index (χ0v) is 11.4. The number of nitrogens with one attached hydrogen (secondary N) is 1. The van der Waals surface area contributed by atoms with Crippen LogP contribution in [-0.2, 0) is 0 Å². The second-order valence-corrected chi connectivity index (χ2v) is 4.80. The van der Waals surface area contributed by atoms with E-state index in [1.165, 1.54) is 5.39 Å². The van der Waals surface area contributed by atoms with Crippen molar-refractivity contribution in [3.63, 3.8) is 0 Å². The molecule has 102 valence electrons. The van der Waals surface area contributed by atoms with Crippen LogP contribution >= 0.6 is 0 Å². The zero-order valence-electron chi connectivity index (χ0n) is 11.4. The van der Waals surface area contributed by atoms with Gasteiger partial charge in [-0.25, -0.2) is 0 Å². The van der Waals surface area contributed by atoms with Crippen molar-refractivity contribution >= 4 is 10.9 Å². The largest absolute Gasteiger partial charge is 0.504 e. The number of para-hydroxylation sites is 1. The minimum atomic E-state index is 0.179.